The number of halogens is 1. The molecule has 2 N–H and O–H groups in total. The standard InChI is InChI=1S/C11H13BClN4O3/c13-8-5-11(17(19)20)9(14)6-10(8)15-1-3-16(4-2-15)12-7-18/h5-7H,1-4,14H2. The number of nitrogens with zero attached hydrogens (tertiary/aromatic N) is 3. The molecule has 0 bridgehead atoms. The van der Waals surface area contributed by atoms with Crippen LogP contribution in [0.3, 0.4) is 0 Å². The SMILES string of the molecule is Nc1cc(N2CCN([B]C=O)CC2)c(Cl)cc1[N+](=O)[O-]. The molecule has 0 spiro atoms. The quantitative estimate of drug-likeness (QED) is 0.290. The molecule has 0 saturated carbocycles. The molecule has 1 aliphatic heterocycles. The van der Waals surface area contributed by atoms with E-state index in [0.29, 0.717) is 36.9 Å². The summed E-state index contributed by atoms with van der Waals surface area (Å²) in [7, 11) is 1.50. The van der Waals surface area contributed by atoms with Gasteiger partial charge in [-0.15, -0.1) is 0 Å². The first-order chi connectivity index (χ1) is 9.52. The van der Waals surface area contributed by atoms with Gasteiger partial charge in [0, 0.05) is 32.2 Å². The lowest BCUT2D eigenvalue weighted by molar-refractivity contribution is -0.383. The van der Waals surface area contributed by atoms with Crippen molar-refractivity contribution in [2.24, 2.45) is 0 Å². The van der Waals surface area contributed by atoms with Gasteiger partial charge in [0.1, 0.15) is 5.69 Å². The van der Waals surface area contributed by atoms with E-state index in [4.69, 9.17) is 17.3 Å². The van der Waals surface area contributed by atoms with Gasteiger partial charge in [-0.1, -0.05) is 11.6 Å². The smallest absolute Gasteiger partial charge is 0.293 e. The number of carbonyl (C=O) groups is 1. The topological polar surface area (TPSA) is 92.7 Å². The summed E-state index contributed by atoms with van der Waals surface area (Å²) in [6, 6.07) is 2.80. The van der Waals surface area contributed by atoms with Crippen molar-refractivity contribution < 1.29 is 9.72 Å². The maximum absolute atomic E-state index is 10.8. The van der Waals surface area contributed by atoms with Gasteiger partial charge in [0.25, 0.3) is 13.1 Å². The maximum Gasteiger partial charge on any atom is 0.293 e. The molecule has 2 rings (SSSR count). The monoisotopic (exact) mass is 295 g/mol. The van der Waals surface area contributed by atoms with Crippen molar-refractivity contribution >= 4 is 42.3 Å². The lowest BCUT2D eigenvalue weighted by Gasteiger charge is -2.35. The number of nitrogen functional groups attached to an aromatic ring is 1. The molecular formula is C11H13BClN4O3. The van der Waals surface area contributed by atoms with Gasteiger partial charge >= 0.3 is 0 Å². The summed E-state index contributed by atoms with van der Waals surface area (Å²) in [5, 5.41) is 11.1. The number of nitrogens with two attached hydrogens (primary N) is 1. The van der Waals surface area contributed by atoms with E-state index < -0.39 is 4.92 Å². The van der Waals surface area contributed by atoms with Crippen LogP contribution in [0.15, 0.2) is 12.1 Å². The summed E-state index contributed by atoms with van der Waals surface area (Å²) >= 11 is 6.10. The van der Waals surface area contributed by atoms with Crippen LogP contribution >= 0.6 is 11.6 Å². The van der Waals surface area contributed by atoms with E-state index >= 15 is 0 Å². The van der Waals surface area contributed by atoms with Crippen molar-refractivity contribution in [3.8, 4) is 0 Å². The zero-order valence-corrected chi connectivity index (χ0v) is 11.4. The van der Waals surface area contributed by atoms with Crippen LogP contribution in [0.2, 0.25) is 5.02 Å². The molecular weight excluding hydrogens is 282 g/mol. The van der Waals surface area contributed by atoms with E-state index in [1.165, 1.54) is 19.5 Å². The summed E-state index contributed by atoms with van der Waals surface area (Å²) in [5.41, 5.74) is 6.27. The minimum Gasteiger partial charge on any atom is -0.393 e. The molecule has 1 saturated heterocycles. The Labute approximate surface area is 121 Å². The Hall–Kier alpha value is -1.80. The average molecular weight is 296 g/mol. The highest BCUT2D eigenvalue weighted by Crippen LogP contribution is 2.35. The third-order valence-electron chi connectivity index (χ3n) is 3.22. The predicted octanol–water partition coefficient (Wildman–Crippen LogP) is 0.762. The number of nitro benzene ring substituents is 1. The third kappa shape index (κ3) is 3.02. The molecule has 0 aliphatic carbocycles. The normalized spacial score (nSPS) is 15.9. The number of anilines is 2. The Morgan fingerprint density at radius 2 is 2.00 bits per heavy atom. The van der Waals surface area contributed by atoms with Crippen LogP contribution in [0.1, 0.15) is 0 Å². The van der Waals surface area contributed by atoms with E-state index in [9.17, 15) is 14.9 Å². The number of piperazine rings is 1. The average Bonchev–Trinajstić information content (AvgIpc) is 2.42. The Bertz CT molecular complexity index is 535. The van der Waals surface area contributed by atoms with Crippen molar-refractivity contribution in [2.45, 2.75) is 0 Å². The summed E-state index contributed by atoms with van der Waals surface area (Å²) in [5.74, 6) is 0. The number of carbonyl (C=O) groups excluding carboxylic acids is 1. The fourth-order valence-corrected chi connectivity index (χ4v) is 2.44. The third-order valence-corrected chi connectivity index (χ3v) is 3.52. The maximum atomic E-state index is 10.8. The largest absolute Gasteiger partial charge is 0.393 e. The van der Waals surface area contributed by atoms with Gasteiger partial charge in [0.05, 0.1) is 21.8 Å². The van der Waals surface area contributed by atoms with Crippen molar-refractivity contribution in [2.75, 3.05) is 36.8 Å². The first kappa shape index (κ1) is 14.6. The van der Waals surface area contributed by atoms with Crippen LogP contribution in [-0.4, -0.2) is 49.5 Å². The fourth-order valence-electron chi connectivity index (χ4n) is 2.17. The molecule has 1 heterocycles. The molecule has 105 valence electrons. The van der Waals surface area contributed by atoms with Gasteiger partial charge in [-0.2, -0.15) is 0 Å². The number of hydrogen-bond acceptors (Lipinski definition) is 6. The highest BCUT2D eigenvalue weighted by atomic mass is 35.5. The van der Waals surface area contributed by atoms with E-state index in [2.05, 4.69) is 0 Å². The Kier molecular flexibility index (Phi) is 4.46. The summed E-state index contributed by atoms with van der Waals surface area (Å²) in [4.78, 5) is 24.6. The molecule has 0 aromatic heterocycles. The number of rotatable bonds is 4. The lowest BCUT2D eigenvalue weighted by atomic mass is 9.93. The van der Waals surface area contributed by atoms with Crippen LogP contribution in [-0.2, 0) is 4.79 Å². The fraction of sp³-hybridized carbons (Fsp3) is 0.364. The number of hydrogen-bond donors (Lipinski definition) is 1. The van der Waals surface area contributed by atoms with Gasteiger partial charge in [-0.3, -0.25) is 10.1 Å². The molecule has 1 fully saturated rings. The van der Waals surface area contributed by atoms with Crippen LogP contribution in [0.25, 0.3) is 0 Å². The van der Waals surface area contributed by atoms with Crippen molar-refractivity contribution in [3.63, 3.8) is 0 Å². The van der Waals surface area contributed by atoms with Gasteiger partial charge in [0.15, 0.2) is 0 Å². The molecule has 0 unspecified atom stereocenters. The highest BCUT2D eigenvalue weighted by Gasteiger charge is 2.22. The zero-order valence-electron chi connectivity index (χ0n) is 10.7. The van der Waals surface area contributed by atoms with Gasteiger partial charge < -0.3 is 20.2 Å². The first-order valence-electron chi connectivity index (χ1n) is 6.04. The van der Waals surface area contributed by atoms with Gasteiger partial charge in [-0.25, -0.2) is 0 Å². The van der Waals surface area contributed by atoms with E-state index in [1.54, 1.807) is 0 Å². The van der Waals surface area contributed by atoms with Gasteiger partial charge in [-0.05, 0) is 6.07 Å². The molecule has 1 aromatic carbocycles. The van der Waals surface area contributed by atoms with E-state index in [1.807, 2.05) is 9.71 Å². The number of nitro groups is 1. The lowest BCUT2D eigenvalue weighted by Crippen LogP contribution is -2.48. The molecule has 1 aliphatic rings. The molecule has 1 aromatic rings. The second kappa shape index (κ2) is 6.10. The second-order valence-corrected chi connectivity index (χ2v) is 4.83. The van der Waals surface area contributed by atoms with Gasteiger partial charge in [0.2, 0.25) is 0 Å². The molecule has 0 amide bonds. The Balaban J connectivity index is 2.16. The Morgan fingerprint density at radius 3 is 2.55 bits per heavy atom. The zero-order chi connectivity index (χ0) is 14.7. The van der Waals surface area contributed by atoms with Crippen LogP contribution < -0.4 is 10.6 Å². The highest BCUT2D eigenvalue weighted by molar-refractivity contribution is 6.64. The summed E-state index contributed by atoms with van der Waals surface area (Å²) in [6.45, 7) is 2.71. The van der Waals surface area contributed by atoms with Crippen LogP contribution in [0, 0.1) is 10.1 Å². The second-order valence-electron chi connectivity index (χ2n) is 4.43. The number of benzene rings is 1. The molecule has 20 heavy (non-hydrogen) atoms. The van der Waals surface area contributed by atoms with Crippen molar-refractivity contribution in [3.05, 3.63) is 27.3 Å². The van der Waals surface area contributed by atoms with Crippen molar-refractivity contribution in [1.82, 2.24) is 4.81 Å². The Morgan fingerprint density at radius 1 is 1.35 bits per heavy atom. The molecule has 1 radical (unpaired) electrons. The van der Waals surface area contributed by atoms with Crippen LogP contribution in [0.4, 0.5) is 17.1 Å². The van der Waals surface area contributed by atoms with E-state index in [0.717, 1.165) is 6.19 Å². The minimum absolute atomic E-state index is 0.0938. The predicted molar refractivity (Wildman–Crippen MR) is 78.8 cm³/mol. The summed E-state index contributed by atoms with van der Waals surface area (Å²) in [6.07, 6.45) is 0.756. The molecule has 9 heteroatoms. The first-order valence-corrected chi connectivity index (χ1v) is 6.41. The molecule has 7 nitrogen and oxygen atoms in total. The van der Waals surface area contributed by atoms with Crippen molar-refractivity contribution in [1.29, 1.82) is 0 Å². The van der Waals surface area contributed by atoms with E-state index in [-0.39, 0.29) is 11.4 Å². The minimum atomic E-state index is -0.554. The summed E-state index contributed by atoms with van der Waals surface area (Å²) < 4.78 is 0. The van der Waals surface area contributed by atoms with Crippen LogP contribution in [0.5, 0.6) is 0 Å². The molecule has 0 atom stereocenters.